The van der Waals surface area contributed by atoms with Crippen LogP contribution in [0, 0.1) is 0 Å². The Morgan fingerprint density at radius 3 is 2.62 bits per heavy atom. The lowest BCUT2D eigenvalue weighted by atomic mass is 10.1. The minimum atomic E-state index is -4.56. The molecular weight excluding hydrogens is 527 g/mol. The number of hydrogen-bond acceptors (Lipinski definition) is 6. The van der Waals surface area contributed by atoms with Crippen molar-refractivity contribution in [1.29, 1.82) is 0 Å². The number of para-hydroxylation sites is 1. The SMILES string of the molecule is O=C(CN1C(=O)/C(=C2\SC(=S)N(CC3CCCO3)C2=O)c2ccccc21)Nc1cccc(C(F)(F)F)c1. The van der Waals surface area contributed by atoms with Crippen LogP contribution in [0.25, 0.3) is 5.57 Å². The topological polar surface area (TPSA) is 79.0 Å². The highest BCUT2D eigenvalue weighted by atomic mass is 32.2. The first kappa shape index (κ1) is 25.4. The first-order valence-electron chi connectivity index (χ1n) is 11.4. The predicted octanol–water partition coefficient (Wildman–Crippen LogP) is 4.44. The summed E-state index contributed by atoms with van der Waals surface area (Å²) in [5.41, 5.74) is 0.105. The molecule has 0 aliphatic carbocycles. The molecule has 3 amide bonds. The number of rotatable bonds is 5. The van der Waals surface area contributed by atoms with Gasteiger partial charge in [0.05, 0.1) is 34.4 Å². The van der Waals surface area contributed by atoms with Gasteiger partial charge in [0.1, 0.15) is 10.9 Å². The Bertz CT molecular complexity index is 1340. The highest BCUT2D eigenvalue weighted by Gasteiger charge is 2.43. The molecule has 12 heteroatoms. The normalized spacial score (nSPS) is 21.7. The molecule has 3 aliphatic rings. The molecular formula is C25H20F3N3O4S2. The van der Waals surface area contributed by atoms with E-state index in [1.54, 1.807) is 24.3 Å². The lowest BCUT2D eigenvalue weighted by Crippen LogP contribution is -2.36. The molecule has 2 fully saturated rings. The Labute approximate surface area is 219 Å². The number of carbonyl (C=O) groups excluding carboxylic acids is 3. The summed E-state index contributed by atoms with van der Waals surface area (Å²) in [6, 6.07) is 11.0. The van der Waals surface area contributed by atoms with Gasteiger partial charge in [-0.15, -0.1) is 0 Å². The summed E-state index contributed by atoms with van der Waals surface area (Å²) in [5.74, 6) is -1.63. The lowest BCUT2D eigenvalue weighted by Gasteiger charge is -2.18. The number of halogens is 3. The van der Waals surface area contributed by atoms with Gasteiger partial charge in [-0.05, 0) is 37.1 Å². The van der Waals surface area contributed by atoms with Crippen molar-refractivity contribution in [1.82, 2.24) is 4.90 Å². The second-order valence-corrected chi connectivity index (χ2v) is 10.3. The van der Waals surface area contributed by atoms with Crippen LogP contribution in [0.15, 0.2) is 53.4 Å². The molecule has 1 N–H and O–H groups in total. The Morgan fingerprint density at radius 2 is 1.89 bits per heavy atom. The number of fused-ring (bicyclic) bond motifs is 1. The maximum absolute atomic E-state index is 13.5. The van der Waals surface area contributed by atoms with Gasteiger partial charge in [0.25, 0.3) is 11.8 Å². The molecule has 192 valence electrons. The smallest absolute Gasteiger partial charge is 0.376 e. The molecule has 3 heterocycles. The van der Waals surface area contributed by atoms with Gasteiger partial charge in [-0.3, -0.25) is 24.2 Å². The summed E-state index contributed by atoms with van der Waals surface area (Å²) in [6.45, 7) is 0.482. The molecule has 2 aromatic carbocycles. The van der Waals surface area contributed by atoms with E-state index in [2.05, 4.69) is 5.32 Å². The van der Waals surface area contributed by atoms with Crippen LogP contribution in [0.5, 0.6) is 0 Å². The predicted molar refractivity (Wildman–Crippen MR) is 137 cm³/mol. The first-order valence-corrected chi connectivity index (χ1v) is 12.6. The van der Waals surface area contributed by atoms with E-state index in [9.17, 15) is 27.6 Å². The number of nitrogens with zero attached hydrogens (tertiary/aromatic N) is 2. The molecule has 37 heavy (non-hydrogen) atoms. The molecule has 0 aromatic heterocycles. The maximum atomic E-state index is 13.5. The van der Waals surface area contributed by atoms with Crippen molar-refractivity contribution in [2.45, 2.75) is 25.1 Å². The number of hydrogen-bond donors (Lipinski definition) is 1. The van der Waals surface area contributed by atoms with Crippen molar-refractivity contribution in [3.05, 3.63) is 64.6 Å². The van der Waals surface area contributed by atoms with Crippen molar-refractivity contribution < 1.29 is 32.3 Å². The van der Waals surface area contributed by atoms with Crippen LogP contribution in [-0.4, -0.2) is 52.7 Å². The molecule has 0 bridgehead atoms. The van der Waals surface area contributed by atoms with Gasteiger partial charge in [-0.1, -0.05) is 48.2 Å². The summed E-state index contributed by atoms with van der Waals surface area (Å²) in [4.78, 5) is 42.4. The fourth-order valence-electron chi connectivity index (χ4n) is 4.47. The number of nitrogens with one attached hydrogen (secondary N) is 1. The summed E-state index contributed by atoms with van der Waals surface area (Å²) < 4.78 is 45.0. The minimum Gasteiger partial charge on any atom is -0.376 e. The Kier molecular flexibility index (Phi) is 6.82. The van der Waals surface area contributed by atoms with Crippen molar-refractivity contribution in [2.24, 2.45) is 0 Å². The second kappa shape index (κ2) is 9.92. The summed E-state index contributed by atoms with van der Waals surface area (Å²) in [5, 5.41) is 2.42. The third kappa shape index (κ3) is 5.00. The monoisotopic (exact) mass is 547 g/mol. The highest BCUT2D eigenvalue weighted by molar-refractivity contribution is 8.26. The molecule has 1 unspecified atom stereocenters. The van der Waals surface area contributed by atoms with Crippen molar-refractivity contribution in [3.8, 4) is 0 Å². The van der Waals surface area contributed by atoms with Gasteiger partial charge < -0.3 is 10.1 Å². The van der Waals surface area contributed by atoms with E-state index in [1.165, 1.54) is 21.9 Å². The van der Waals surface area contributed by atoms with Gasteiger partial charge in [0.15, 0.2) is 0 Å². The minimum absolute atomic E-state index is 0.0463. The number of carbonyl (C=O) groups is 3. The quantitative estimate of drug-likeness (QED) is 0.441. The molecule has 0 saturated carbocycles. The van der Waals surface area contributed by atoms with Gasteiger partial charge >= 0.3 is 6.18 Å². The molecule has 2 aromatic rings. The van der Waals surface area contributed by atoms with E-state index in [1.807, 2.05) is 0 Å². The highest BCUT2D eigenvalue weighted by Crippen LogP contribution is 2.44. The fraction of sp³-hybridized carbons (Fsp3) is 0.280. The Hall–Kier alpha value is -3.22. The van der Waals surface area contributed by atoms with E-state index in [-0.39, 0.29) is 28.2 Å². The molecule has 3 aliphatic heterocycles. The van der Waals surface area contributed by atoms with Gasteiger partial charge in [-0.2, -0.15) is 13.2 Å². The molecule has 7 nitrogen and oxygen atoms in total. The number of ether oxygens (including phenoxy) is 1. The molecule has 0 radical (unpaired) electrons. The molecule has 2 saturated heterocycles. The van der Waals surface area contributed by atoms with Crippen LogP contribution < -0.4 is 10.2 Å². The zero-order valence-corrected chi connectivity index (χ0v) is 20.8. The zero-order valence-electron chi connectivity index (χ0n) is 19.2. The van der Waals surface area contributed by atoms with Gasteiger partial charge in [0.2, 0.25) is 5.91 Å². The number of thioether (sulfide) groups is 1. The van der Waals surface area contributed by atoms with E-state index in [4.69, 9.17) is 17.0 Å². The Morgan fingerprint density at radius 1 is 1.11 bits per heavy atom. The third-order valence-corrected chi connectivity index (χ3v) is 7.63. The third-order valence-electron chi connectivity index (χ3n) is 6.18. The number of alkyl halides is 3. The van der Waals surface area contributed by atoms with Crippen molar-refractivity contribution in [3.63, 3.8) is 0 Å². The molecule has 1 atom stereocenters. The number of thiocarbonyl (C=S) groups is 1. The van der Waals surface area contributed by atoms with Crippen molar-refractivity contribution >= 4 is 63.0 Å². The van der Waals surface area contributed by atoms with Crippen LogP contribution >= 0.6 is 24.0 Å². The molecule has 5 rings (SSSR count). The second-order valence-electron chi connectivity index (χ2n) is 8.66. The van der Waals surface area contributed by atoms with E-state index < -0.39 is 30.1 Å². The van der Waals surface area contributed by atoms with Crippen LogP contribution in [0.1, 0.15) is 24.0 Å². The van der Waals surface area contributed by atoms with Crippen LogP contribution in [0.3, 0.4) is 0 Å². The summed E-state index contributed by atoms with van der Waals surface area (Å²) in [7, 11) is 0. The van der Waals surface area contributed by atoms with Crippen LogP contribution in [0.2, 0.25) is 0 Å². The standard InChI is InChI=1S/C25H20F3N3O4S2/c26-25(27,28)14-5-3-6-15(11-14)29-19(32)13-30-18-9-2-1-8-17(18)20(22(30)33)21-23(34)31(24(36)37-21)12-16-7-4-10-35-16/h1-3,5-6,8-9,11,16H,4,7,10,12-13H2,(H,29,32)/b21-20-. The lowest BCUT2D eigenvalue weighted by molar-refractivity contribution is -0.137. The van der Waals surface area contributed by atoms with Gasteiger partial charge in [-0.25, -0.2) is 0 Å². The zero-order chi connectivity index (χ0) is 26.3. The largest absolute Gasteiger partial charge is 0.416 e. The average Bonchev–Trinajstić information content (AvgIpc) is 3.53. The number of anilines is 2. The molecule has 0 spiro atoms. The van der Waals surface area contributed by atoms with Crippen LogP contribution in [0.4, 0.5) is 24.5 Å². The maximum Gasteiger partial charge on any atom is 0.416 e. The summed E-state index contributed by atoms with van der Waals surface area (Å²) >= 11 is 6.45. The average molecular weight is 548 g/mol. The van der Waals surface area contributed by atoms with E-state index in [0.717, 1.165) is 36.7 Å². The fourth-order valence-corrected chi connectivity index (χ4v) is 5.82. The van der Waals surface area contributed by atoms with Gasteiger partial charge in [0, 0.05) is 17.9 Å². The first-order chi connectivity index (χ1) is 17.6. The van der Waals surface area contributed by atoms with E-state index in [0.29, 0.717) is 28.7 Å². The summed E-state index contributed by atoms with van der Waals surface area (Å²) in [6.07, 6.45) is -2.95. The van der Waals surface area contributed by atoms with Crippen LogP contribution in [-0.2, 0) is 25.3 Å². The Balaban J connectivity index is 1.39. The number of amides is 3. The van der Waals surface area contributed by atoms with E-state index >= 15 is 0 Å². The van der Waals surface area contributed by atoms with Crippen molar-refractivity contribution in [2.75, 3.05) is 29.9 Å². The number of benzene rings is 2.